The van der Waals surface area contributed by atoms with E-state index in [4.69, 9.17) is 9.57 Å². The Hall–Kier alpha value is -1.92. The predicted octanol–water partition coefficient (Wildman–Crippen LogP) is 2.52. The van der Waals surface area contributed by atoms with E-state index in [1.807, 2.05) is 56.2 Å². The summed E-state index contributed by atoms with van der Waals surface area (Å²) in [5, 5.41) is 1.81. The van der Waals surface area contributed by atoms with Crippen LogP contribution in [0.5, 0.6) is 0 Å². The Bertz CT molecular complexity index is 715. The molecule has 0 radical (unpaired) electrons. The molecule has 3 heterocycles. The predicted molar refractivity (Wildman–Crippen MR) is 99.3 cm³/mol. The number of piperidine rings is 1. The molecule has 146 valence electrons. The van der Waals surface area contributed by atoms with Crippen molar-refractivity contribution in [2.45, 2.75) is 70.3 Å². The van der Waals surface area contributed by atoms with E-state index in [0.29, 0.717) is 19.6 Å². The van der Waals surface area contributed by atoms with Gasteiger partial charge in [0.25, 0.3) is 0 Å². The van der Waals surface area contributed by atoms with Gasteiger partial charge in [0.1, 0.15) is 17.7 Å². The standard InChI is InChI=1S/C21H28N2O4/c1-21(2,3)27-20(25)17-10-9-16-11-15-13-26-22(18(15)19(24)23(16)17)12-14-7-5-4-6-8-14/h4-8,15-18H,9-13H2,1-3H3/t15-,16?,17+,18+/m1/s1. The van der Waals surface area contributed by atoms with E-state index in [2.05, 4.69) is 0 Å². The minimum atomic E-state index is -0.549. The molecular weight excluding hydrogens is 344 g/mol. The van der Waals surface area contributed by atoms with Crippen LogP contribution in [0.1, 0.15) is 45.6 Å². The van der Waals surface area contributed by atoms with Crippen molar-refractivity contribution in [3.8, 4) is 0 Å². The fourth-order valence-electron chi connectivity index (χ4n) is 4.58. The highest BCUT2D eigenvalue weighted by Gasteiger charge is 2.54. The van der Waals surface area contributed by atoms with Crippen molar-refractivity contribution in [2.75, 3.05) is 6.61 Å². The van der Waals surface area contributed by atoms with Crippen LogP contribution in [0, 0.1) is 5.92 Å². The first-order valence-corrected chi connectivity index (χ1v) is 9.82. The van der Waals surface area contributed by atoms with Crippen LogP contribution in [-0.4, -0.2) is 52.2 Å². The van der Waals surface area contributed by atoms with Gasteiger partial charge in [-0.15, -0.1) is 0 Å². The highest BCUT2D eigenvalue weighted by Crippen LogP contribution is 2.41. The van der Waals surface area contributed by atoms with E-state index >= 15 is 0 Å². The lowest BCUT2D eigenvalue weighted by Gasteiger charge is -2.40. The van der Waals surface area contributed by atoms with Gasteiger partial charge in [0.15, 0.2) is 0 Å². The average molecular weight is 372 g/mol. The van der Waals surface area contributed by atoms with Gasteiger partial charge in [0, 0.05) is 18.5 Å². The van der Waals surface area contributed by atoms with Gasteiger partial charge in [-0.2, -0.15) is 5.06 Å². The number of benzene rings is 1. The maximum absolute atomic E-state index is 13.4. The molecule has 3 aliphatic rings. The van der Waals surface area contributed by atoms with Crippen LogP contribution in [0.3, 0.4) is 0 Å². The number of carbonyl (C=O) groups excluding carboxylic acids is 2. The second-order valence-corrected chi connectivity index (χ2v) is 8.82. The van der Waals surface area contributed by atoms with Gasteiger partial charge in [-0.1, -0.05) is 30.3 Å². The van der Waals surface area contributed by atoms with Crippen LogP contribution in [-0.2, 0) is 25.7 Å². The minimum Gasteiger partial charge on any atom is -0.458 e. The summed E-state index contributed by atoms with van der Waals surface area (Å²) in [6.45, 7) is 6.72. The number of amides is 1. The average Bonchev–Trinajstić information content (AvgIpc) is 3.19. The topological polar surface area (TPSA) is 59.1 Å². The summed E-state index contributed by atoms with van der Waals surface area (Å²) >= 11 is 0. The van der Waals surface area contributed by atoms with Crippen LogP contribution < -0.4 is 0 Å². The molecule has 1 aromatic rings. The van der Waals surface area contributed by atoms with E-state index in [-0.39, 0.29) is 29.9 Å². The minimum absolute atomic E-state index is 0.0121. The Morgan fingerprint density at radius 1 is 1.22 bits per heavy atom. The third kappa shape index (κ3) is 3.60. The number of carbonyl (C=O) groups is 2. The lowest BCUT2D eigenvalue weighted by atomic mass is 9.87. The van der Waals surface area contributed by atoms with Crippen LogP contribution in [0.25, 0.3) is 0 Å². The van der Waals surface area contributed by atoms with E-state index < -0.39 is 11.6 Å². The molecule has 0 spiro atoms. The van der Waals surface area contributed by atoms with Gasteiger partial charge in [0.2, 0.25) is 5.91 Å². The smallest absolute Gasteiger partial charge is 0.329 e. The SMILES string of the molecule is CC(C)(C)OC(=O)[C@@H]1CCC2C[C@@H]3CON(Cc4ccccc4)[C@@H]3C(=O)N21. The Morgan fingerprint density at radius 2 is 1.96 bits per heavy atom. The molecule has 3 fully saturated rings. The van der Waals surface area contributed by atoms with Gasteiger partial charge in [-0.25, -0.2) is 4.79 Å². The third-order valence-electron chi connectivity index (χ3n) is 5.66. The van der Waals surface area contributed by atoms with Crippen LogP contribution >= 0.6 is 0 Å². The van der Waals surface area contributed by atoms with Crippen molar-refractivity contribution in [2.24, 2.45) is 5.92 Å². The lowest BCUT2D eigenvalue weighted by molar-refractivity contribution is -0.176. The van der Waals surface area contributed by atoms with Crippen molar-refractivity contribution in [3.63, 3.8) is 0 Å². The summed E-state index contributed by atoms with van der Waals surface area (Å²) in [5.41, 5.74) is 0.560. The molecule has 1 unspecified atom stereocenters. The number of hydroxylamine groups is 2. The second kappa shape index (κ2) is 6.91. The Balaban J connectivity index is 1.51. The number of hydrogen-bond donors (Lipinski definition) is 0. The first-order chi connectivity index (χ1) is 12.8. The largest absolute Gasteiger partial charge is 0.458 e. The van der Waals surface area contributed by atoms with Gasteiger partial charge in [-0.3, -0.25) is 9.63 Å². The van der Waals surface area contributed by atoms with Crippen molar-refractivity contribution >= 4 is 11.9 Å². The van der Waals surface area contributed by atoms with Gasteiger partial charge in [0.05, 0.1) is 6.61 Å². The lowest BCUT2D eigenvalue weighted by Crippen LogP contribution is -2.58. The first kappa shape index (κ1) is 18.4. The van der Waals surface area contributed by atoms with Crippen molar-refractivity contribution in [3.05, 3.63) is 35.9 Å². The Morgan fingerprint density at radius 3 is 2.67 bits per heavy atom. The van der Waals surface area contributed by atoms with E-state index in [1.165, 1.54) is 0 Å². The summed E-state index contributed by atoms with van der Waals surface area (Å²) in [6.07, 6.45) is 2.43. The first-order valence-electron chi connectivity index (χ1n) is 9.82. The summed E-state index contributed by atoms with van der Waals surface area (Å²) in [5.74, 6) is -0.0804. The Kier molecular flexibility index (Phi) is 4.72. The zero-order chi connectivity index (χ0) is 19.2. The molecule has 4 rings (SSSR count). The van der Waals surface area contributed by atoms with E-state index in [1.54, 1.807) is 4.90 Å². The molecule has 6 heteroatoms. The van der Waals surface area contributed by atoms with E-state index in [9.17, 15) is 9.59 Å². The van der Waals surface area contributed by atoms with Gasteiger partial charge < -0.3 is 9.64 Å². The van der Waals surface area contributed by atoms with Crippen LogP contribution in [0.4, 0.5) is 0 Å². The van der Waals surface area contributed by atoms with Gasteiger partial charge >= 0.3 is 5.97 Å². The molecule has 4 atom stereocenters. The summed E-state index contributed by atoms with van der Waals surface area (Å²) in [4.78, 5) is 33.7. The number of fused-ring (bicyclic) bond motifs is 2. The molecule has 0 aliphatic carbocycles. The molecule has 0 N–H and O–H groups in total. The number of esters is 1. The molecule has 1 amide bonds. The molecule has 1 aromatic carbocycles. The number of rotatable bonds is 3. The van der Waals surface area contributed by atoms with Crippen LogP contribution in [0.15, 0.2) is 30.3 Å². The van der Waals surface area contributed by atoms with E-state index in [0.717, 1.165) is 18.4 Å². The number of hydrogen-bond acceptors (Lipinski definition) is 5. The highest BCUT2D eigenvalue weighted by molar-refractivity contribution is 5.89. The fourth-order valence-corrected chi connectivity index (χ4v) is 4.58. The van der Waals surface area contributed by atoms with Crippen LogP contribution in [0.2, 0.25) is 0 Å². The molecular formula is C21H28N2O4. The number of nitrogens with zero attached hydrogens (tertiary/aromatic N) is 2. The normalized spacial score (nSPS) is 30.9. The van der Waals surface area contributed by atoms with Crippen molar-refractivity contribution < 1.29 is 19.2 Å². The molecule has 0 saturated carbocycles. The van der Waals surface area contributed by atoms with Crippen molar-refractivity contribution in [1.82, 2.24) is 9.96 Å². The maximum Gasteiger partial charge on any atom is 0.329 e. The van der Waals surface area contributed by atoms with Crippen molar-refractivity contribution in [1.29, 1.82) is 0 Å². The zero-order valence-electron chi connectivity index (χ0n) is 16.3. The molecule has 0 aromatic heterocycles. The second-order valence-electron chi connectivity index (χ2n) is 8.82. The molecule has 3 saturated heterocycles. The molecule has 3 aliphatic heterocycles. The summed E-state index contributed by atoms with van der Waals surface area (Å²) in [6, 6.07) is 9.35. The van der Waals surface area contributed by atoms with Gasteiger partial charge in [-0.05, 0) is 45.6 Å². The maximum atomic E-state index is 13.4. The monoisotopic (exact) mass is 372 g/mol. The molecule has 6 nitrogen and oxygen atoms in total. The highest BCUT2D eigenvalue weighted by atomic mass is 16.7. The quantitative estimate of drug-likeness (QED) is 0.763. The molecule has 0 bridgehead atoms. The summed E-state index contributed by atoms with van der Waals surface area (Å²) < 4.78 is 5.58. The zero-order valence-corrected chi connectivity index (χ0v) is 16.3. The molecule has 27 heavy (non-hydrogen) atoms. The Labute approximate surface area is 160 Å². The third-order valence-corrected chi connectivity index (χ3v) is 5.66. The fraction of sp³-hybridized carbons (Fsp3) is 0.619. The summed E-state index contributed by atoms with van der Waals surface area (Å²) in [7, 11) is 0. The number of ether oxygens (including phenoxy) is 1.